The molecule has 0 atom stereocenters. The van der Waals surface area contributed by atoms with E-state index in [4.69, 9.17) is 16.3 Å². The van der Waals surface area contributed by atoms with E-state index in [1.54, 1.807) is 7.11 Å². The van der Waals surface area contributed by atoms with Gasteiger partial charge in [0.15, 0.2) is 0 Å². The number of pyridine rings is 1. The SMILES string of the molecule is COc1cccc(-c2cncc(-c3cn(CCCN4CCCCC4)c4ccc(Cl)cc34)c2)c1. The van der Waals surface area contributed by atoms with Crippen LogP contribution in [0.2, 0.25) is 5.02 Å². The van der Waals surface area contributed by atoms with Crippen LogP contribution >= 0.6 is 11.6 Å². The van der Waals surface area contributed by atoms with Crippen molar-refractivity contribution in [3.05, 3.63) is 72.1 Å². The molecule has 170 valence electrons. The topological polar surface area (TPSA) is 30.3 Å². The monoisotopic (exact) mass is 459 g/mol. The Balaban J connectivity index is 1.46. The summed E-state index contributed by atoms with van der Waals surface area (Å²) in [5, 5.41) is 1.93. The zero-order valence-electron chi connectivity index (χ0n) is 19.1. The van der Waals surface area contributed by atoms with Crippen molar-refractivity contribution in [1.82, 2.24) is 14.5 Å². The van der Waals surface area contributed by atoms with Crippen molar-refractivity contribution in [3.63, 3.8) is 0 Å². The fraction of sp³-hybridized carbons (Fsp3) is 0.321. The van der Waals surface area contributed by atoms with E-state index in [-0.39, 0.29) is 0 Å². The third-order valence-corrected chi connectivity index (χ3v) is 6.85. The molecule has 3 heterocycles. The first-order valence-corrected chi connectivity index (χ1v) is 12.2. The number of hydrogen-bond donors (Lipinski definition) is 0. The first kappa shape index (κ1) is 22.0. The quantitative estimate of drug-likeness (QED) is 0.301. The second kappa shape index (κ2) is 9.98. The zero-order chi connectivity index (χ0) is 22.6. The van der Waals surface area contributed by atoms with Crippen LogP contribution in [0.3, 0.4) is 0 Å². The lowest BCUT2D eigenvalue weighted by Gasteiger charge is -2.26. The molecule has 0 radical (unpaired) electrons. The summed E-state index contributed by atoms with van der Waals surface area (Å²) in [7, 11) is 1.69. The number of hydrogen-bond acceptors (Lipinski definition) is 3. The first-order valence-electron chi connectivity index (χ1n) is 11.8. The van der Waals surface area contributed by atoms with Gasteiger partial charge in [0.05, 0.1) is 7.11 Å². The molecule has 33 heavy (non-hydrogen) atoms. The molecule has 0 unspecified atom stereocenters. The number of ether oxygens (including phenoxy) is 1. The van der Waals surface area contributed by atoms with Gasteiger partial charge < -0.3 is 14.2 Å². The van der Waals surface area contributed by atoms with Crippen LogP contribution in [-0.4, -0.2) is 41.2 Å². The third kappa shape index (κ3) is 4.92. The van der Waals surface area contributed by atoms with Crippen LogP contribution in [0.25, 0.3) is 33.2 Å². The number of halogens is 1. The standard InChI is InChI=1S/C28H30ClN3O/c1-33-25-8-5-7-21(16-25)22-15-23(19-30-18-22)27-20-32(28-10-9-24(29)17-26(27)28)14-6-13-31-11-3-2-4-12-31/h5,7-10,15-20H,2-4,6,11-14H2,1H3. The van der Waals surface area contributed by atoms with E-state index < -0.39 is 0 Å². The third-order valence-electron chi connectivity index (χ3n) is 6.62. The van der Waals surface area contributed by atoms with E-state index in [0.717, 1.165) is 47.0 Å². The van der Waals surface area contributed by atoms with Crippen molar-refractivity contribution in [2.75, 3.05) is 26.7 Å². The number of rotatable bonds is 7. The van der Waals surface area contributed by atoms with Crippen LogP contribution in [0.5, 0.6) is 5.75 Å². The van der Waals surface area contributed by atoms with Crippen molar-refractivity contribution in [1.29, 1.82) is 0 Å². The van der Waals surface area contributed by atoms with Gasteiger partial charge in [0.2, 0.25) is 0 Å². The molecule has 1 aliphatic heterocycles. The molecule has 2 aromatic heterocycles. The number of fused-ring (bicyclic) bond motifs is 1. The minimum absolute atomic E-state index is 0.756. The molecule has 0 spiro atoms. The molecule has 5 rings (SSSR count). The number of methoxy groups -OCH3 is 1. The first-order chi connectivity index (χ1) is 16.2. The Morgan fingerprint density at radius 2 is 1.76 bits per heavy atom. The lowest BCUT2D eigenvalue weighted by atomic mass is 10.0. The van der Waals surface area contributed by atoms with Gasteiger partial charge in [-0.15, -0.1) is 0 Å². The smallest absolute Gasteiger partial charge is 0.119 e. The summed E-state index contributed by atoms with van der Waals surface area (Å²) in [6.45, 7) is 4.65. The maximum Gasteiger partial charge on any atom is 0.119 e. The molecule has 1 saturated heterocycles. The average molecular weight is 460 g/mol. The zero-order valence-corrected chi connectivity index (χ0v) is 19.9. The normalized spacial score (nSPS) is 14.6. The second-order valence-corrected chi connectivity index (χ2v) is 9.28. The Labute approximate surface area is 200 Å². The summed E-state index contributed by atoms with van der Waals surface area (Å²) in [6, 6.07) is 16.5. The van der Waals surface area contributed by atoms with Crippen LogP contribution in [0, 0.1) is 0 Å². The Kier molecular flexibility index (Phi) is 6.65. The van der Waals surface area contributed by atoms with E-state index in [1.807, 2.05) is 36.7 Å². The van der Waals surface area contributed by atoms with E-state index >= 15 is 0 Å². The van der Waals surface area contributed by atoms with Crippen molar-refractivity contribution in [2.45, 2.75) is 32.2 Å². The van der Waals surface area contributed by atoms with Gasteiger partial charge in [0.25, 0.3) is 0 Å². The molecule has 0 bridgehead atoms. The second-order valence-electron chi connectivity index (χ2n) is 8.85. The lowest BCUT2D eigenvalue weighted by Crippen LogP contribution is -2.31. The van der Waals surface area contributed by atoms with Gasteiger partial charge in [-0.3, -0.25) is 4.98 Å². The summed E-state index contributed by atoms with van der Waals surface area (Å²) < 4.78 is 7.78. The highest BCUT2D eigenvalue weighted by Crippen LogP contribution is 2.34. The Morgan fingerprint density at radius 3 is 2.61 bits per heavy atom. The van der Waals surface area contributed by atoms with Crippen molar-refractivity contribution >= 4 is 22.5 Å². The van der Waals surface area contributed by atoms with Crippen LogP contribution in [0.1, 0.15) is 25.7 Å². The molecule has 4 nitrogen and oxygen atoms in total. The minimum Gasteiger partial charge on any atom is -0.497 e. The van der Waals surface area contributed by atoms with Crippen LogP contribution in [-0.2, 0) is 6.54 Å². The summed E-state index contributed by atoms with van der Waals surface area (Å²) in [6.07, 6.45) is 11.3. The van der Waals surface area contributed by atoms with Crippen molar-refractivity contribution in [3.8, 4) is 28.0 Å². The highest BCUT2D eigenvalue weighted by molar-refractivity contribution is 6.31. The highest BCUT2D eigenvalue weighted by atomic mass is 35.5. The molecule has 1 aliphatic rings. The highest BCUT2D eigenvalue weighted by Gasteiger charge is 2.14. The molecule has 1 fully saturated rings. The minimum atomic E-state index is 0.756. The molecule has 5 heteroatoms. The Hall–Kier alpha value is -2.82. The molecule has 0 aliphatic carbocycles. The number of aryl methyl sites for hydroxylation is 1. The van der Waals surface area contributed by atoms with Gasteiger partial charge in [-0.2, -0.15) is 0 Å². The van der Waals surface area contributed by atoms with Crippen LogP contribution < -0.4 is 4.74 Å². The average Bonchev–Trinajstić information content (AvgIpc) is 3.22. The number of likely N-dealkylation sites (tertiary alicyclic amines) is 1. The predicted octanol–water partition coefficient (Wildman–Crippen LogP) is 6.91. The predicted molar refractivity (Wildman–Crippen MR) is 137 cm³/mol. The van der Waals surface area contributed by atoms with Crippen molar-refractivity contribution < 1.29 is 4.74 Å². The van der Waals surface area contributed by atoms with E-state index in [0.29, 0.717) is 0 Å². The van der Waals surface area contributed by atoms with Gasteiger partial charge in [-0.05, 0) is 80.9 Å². The number of benzene rings is 2. The largest absolute Gasteiger partial charge is 0.497 e. The lowest BCUT2D eigenvalue weighted by molar-refractivity contribution is 0.223. The Bertz CT molecular complexity index is 1240. The van der Waals surface area contributed by atoms with Gasteiger partial charge in [-0.25, -0.2) is 0 Å². The molecule has 0 saturated carbocycles. The molecule has 0 amide bonds. The fourth-order valence-corrected chi connectivity index (χ4v) is 5.05. The molecular weight excluding hydrogens is 430 g/mol. The maximum atomic E-state index is 6.41. The molecular formula is C28H30ClN3O. The van der Waals surface area contributed by atoms with E-state index in [9.17, 15) is 0 Å². The number of nitrogens with zero attached hydrogens (tertiary/aromatic N) is 3. The Morgan fingerprint density at radius 1 is 0.909 bits per heavy atom. The molecule has 4 aromatic rings. The van der Waals surface area contributed by atoms with E-state index in [1.165, 1.54) is 48.8 Å². The summed E-state index contributed by atoms with van der Waals surface area (Å²) in [5.41, 5.74) is 5.64. The molecule has 2 aromatic carbocycles. The van der Waals surface area contributed by atoms with E-state index in [2.05, 4.69) is 44.9 Å². The number of piperidine rings is 1. The van der Waals surface area contributed by atoms with Crippen molar-refractivity contribution in [2.24, 2.45) is 0 Å². The summed E-state index contributed by atoms with van der Waals surface area (Å²) >= 11 is 6.41. The van der Waals surface area contributed by atoms with Crippen LogP contribution in [0.4, 0.5) is 0 Å². The van der Waals surface area contributed by atoms with Gasteiger partial charge >= 0.3 is 0 Å². The number of aromatic nitrogens is 2. The summed E-state index contributed by atoms with van der Waals surface area (Å²) in [4.78, 5) is 7.17. The maximum absolute atomic E-state index is 6.41. The van der Waals surface area contributed by atoms with Gasteiger partial charge in [-0.1, -0.05) is 30.2 Å². The fourth-order valence-electron chi connectivity index (χ4n) is 4.88. The van der Waals surface area contributed by atoms with Gasteiger partial charge in [0, 0.05) is 57.8 Å². The summed E-state index contributed by atoms with van der Waals surface area (Å²) in [5.74, 6) is 0.843. The molecule has 0 N–H and O–H groups in total. The van der Waals surface area contributed by atoms with Crippen LogP contribution in [0.15, 0.2) is 67.1 Å². The van der Waals surface area contributed by atoms with Gasteiger partial charge in [0.1, 0.15) is 5.75 Å².